The van der Waals surface area contributed by atoms with Crippen LogP contribution in [0, 0.1) is 5.92 Å². The predicted molar refractivity (Wildman–Crippen MR) is 76.1 cm³/mol. The van der Waals surface area contributed by atoms with E-state index in [0.29, 0.717) is 18.1 Å². The minimum absolute atomic E-state index is 0.403. The fraction of sp³-hybridized carbons (Fsp3) is 0.600. The molecule has 3 atom stereocenters. The molecule has 1 aromatic carbocycles. The minimum atomic E-state index is 0.403. The lowest BCUT2D eigenvalue weighted by Gasteiger charge is -2.19. The van der Waals surface area contributed by atoms with Crippen molar-refractivity contribution in [2.45, 2.75) is 38.8 Å². The van der Waals surface area contributed by atoms with Gasteiger partial charge in [-0.1, -0.05) is 23.7 Å². The molecule has 1 aliphatic rings. The number of benzene rings is 1. The summed E-state index contributed by atoms with van der Waals surface area (Å²) < 4.78 is 5.57. The van der Waals surface area contributed by atoms with Crippen LogP contribution >= 0.6 is 11.6 Å². The van der Waals surface area contributed by atoms with Crippen LogP contribution in [0.25, 0.3) is 0 Å². The zero-order chi connectivity index (χ0) is 13.0. The Bertz CT molecular complexity index is 365. The molecule has 0 aromatic heterocycles. The van der Waals surface area contributed by atoms with Gasteiger partial charge in [-0.2, -0.15) is 0 Å². The van der Waals surface area contributed by atoms with Crippen LogP contribution in [0.2, 0.25) is 5.02 Å². The van der Waals surface area contributed by atoms with Gasteiger partial charge in [0.1, 0.15) is 0 Å². The van der Waals surface area contributed by atoms with Crippen LogP contribution in [0.3, 0.4) is 0 Å². The van der Waals surface area contributed by atoms with Gasteiger partial charge in [-0.3, -0.25) is 0 Å². The highest BCUT2D eigenvalue weighted by atomic mass is 35.5. The lowest BCUT2D eigenvalue weighted by molar-refractivity contribution is 0.105. The molecule has 1 fully saturated rings. The largest absolute Gasteiger partial charge is 0.378 e. The van der Waals surface area contributed by atoms with Gasteiger partial charge in [0.25, 0.3) is 0 Å². The van der Waals surface area contributed by atoms with Gasteiger partial charge < -0.3 is 10.1 Å². The quantitative estimate of drug-likeness (QED) is 0.884. The molecule has 100 valence electrons. The molecule has 3 heteroatoms. The maximum Gasteiger partial charge on any atom is 0.0588 e. The molecule has 0 amide bonds. The zero-order valence-corrected chi connectivity index (χ0v) is 11.9. The first-order valence-corrected chi connectivity index (χ1v) is 7.12. The molecular formula is C15H22ClNO. The third kappa shape index (κ3) is 3.98. The van der Waals surface area contributed by atoms with Crippen molar-refractivity contribution < 1.29 is 4.74 Å². The highest BCUT2D eigenvalue weighted by Crippen LogP contribution is 2.19. The maximum absolute atomic E-state index is 5.88. The van der Waals surface area contributed by atoms with E-state index in [1.807, 2.05) is 12.1 Å². The second-order valence-electron chi connectivity index (χ2n) is 5.26. The Kier molecular flexibility index (Phi) is 5.04. The minimum Gasteiger partial charge on any atom is -0.378 e. The highest BCUT2D eigenvalue weighted by Gasteiger charge is 2.24. The van der Waals surface area contributed by atoms with Crippen molar-refractivity contribution in [3.8, 4) is 0 Å². The van der Waals surface area contributed by atoms with E-state index in [9.17, 15) is 0 Å². The van der Waals surface area contributed by atoms with Gasteiger partial charge in [0, 0.05) is 24.2 Å². The standard InChI is InChI=1S/C15H22ClNO/c1-11(9-13-3-5-15(16)6-4-13)17-10-14-7-8-18-12(14)2/h3-6,11-12,14,17H,7-10H2,1-2H3. The monoisotopic (exact) mass is 267 g/mol. The Morgan fingerprint density at radius 3 is 2.72 bits per heavy atom. The molecule has 0 aliphatic carbocycles. The van der Waals surface area contributed by atoms with Crippen molar-refractivity contribution in [3.63, 3.8) is 0 Å². The molecule has 3 unspecified atom stereocenters. The van der Waals surface area contributed by atoms with Crippen LogP contribution in [0.1, 0.15) is 25.8 Å². The fourth-order valence-corrected chi connectivity index (χ4v) is 2.57. The average Bonchev–Trinajstić information content (AvgIpc) is 2.75. The molecule has 18 heavy (non-hydrogen) atoms. The summed E-state index contributed by atoms with van der Waals surface area (Å²) in [7, 11) is 0. The summed E-state index contributed by atoms with van der Waals surface area (Å²) in [6.07, 6.45) is 2.63. The molecule has 2 nitrogen and oxygen atoms in total. The summed E-state index contributed by atoms with van der Waals surface area (Å²) in [6, 6.07) is 8.59. The van der Waals surface area contributed by atoms with E-state index in [1.165, 1.54) is 12.0 Å². The van der Waals surface area contributed by atoms with E-state index in [2.05, 4.69) is 31.3 Å². The normalized spacial score (nSPS) is 25.3. The van der Waals surface area contributed by atoms with Crippen molar-refractivity contribution in [2.75, 3.05) is 13.2 Å². The van der Waals surface area contributed by atoms with Crippen molar-refractivity contribution in [1.82, 2.24) is 5.32 Å². The van der Waals surface area contributed by atoms with Crippen molar-refractivity contribution in [1.29, 1.82) is 0 Å². The summed E-state index contributed by atoms with van der Waals surface area (Å²) in [4.78, 5) is 0. The molecule has 1 aliphatic heterocycles. The second-order valence-corrected chi connectivity index (χ2v) is 5.70. The lowest BCUT2D eigenvalue weighted by atomic mass is 10.0. The van der Waals surface area contributed by atoms with E-state index in [-0.39, 0.29) is 0 Å². The van der Waals surface area contributed by atoms with Gasteiger partial charge in [0.2, 0.25) is 0 Å². The molecule has 0 spiro atoms. The second kappa shape index (κ2) is 6.55. The molecule has 0 radical (unpaired) electrons. The number of rotatable bonds is 5. The Morgan fingerprint density at radius 1 is 1.39 bits per heavy atom. The smallest absolute Gasteiger partial charge is 0.0588 e. The van der Waals surface area contributed by atoms with Crippen molar-refractivity contribution in [3.05, 3.63) is 34.9 Å². The van der Waals surface area contributed by atoms with E-state index >= 15 is 0 Å². The van der Waals surface area contributed by atoms with Gasteiger partial charge in [-0.25, -0.2) is 0 Å². The molecule has 1 aromatic rings. The summed E-state index contributed by atoms with van der Waals surface area (Å²) in [5.74, 6) is 0.665. The fourth-order valence-electron chi connectivity index (χ4n) is 2.44. The van der Waals surface area contributed by atoms with Crippen molar-refractivity contribution >= 4 is 11.6 Å². The molecule has 1 saturated heterocycles. The first-order chi connectivity index (χ1) is 8.65. The van der Waals surface area contributed by atoms with E-state index in [1.54, 1.807) is 0 Å². The molecule has 0 saturated carbocycles. The maximum atomic E-state index is 5.88. The van der Waals surface area contributed by atoms with Crippen LogP contribution in [0.4, 0.5) is 0 Å². The summed E-state index contributed by atoms with van der Waals surface area (Å²) in [6.45, 7) is 6.37. The summed E-state index contributed by atoms with van der Waals surface area (Å²) in [5, 5.41) is 4.41. The Morgan fingerprint density at radius 2 is 2.11 bits per heavy atom. The molecular weight excluding hydrogens is 246 g/mol. The van der Waals surface area contributed by atoms with E-state index in [4.69, 9.17) is 16.3 Å². The third-order valence-electron chi connectivity index (χ3n) is 3.72. The van der Waals surface area contributed by atoms with Gasteiger partial charge in [0.05, 0.1) is 6.10 Å². The Balaban J connectivity index is 1.74. The van der Waals surface area contributed by atoms with Gasteiger partial charge in [-0.15, -0.1) is 0 Å². The topological polar surface area (TPSA) is 21.3 Å². The van der Waals surface area contributed by atoms with Gasteiger partial charge >= 0.3 is 0 Å². The molecule has 1 N–H and O–H groups in total. The highest BCUT2D eigenvalue weighted by molar-refractivity contribution is 6.30. The van der Waals surface area contributed by atoms with Crippen LogP contribution in [-0.4, -0.2) is 25.3 Å². The lowest BCUT2D eigenvalue weighted by Crippen LogP contribution is -2.34. The van der Waals surface area contributed by atoms with Crippen LogP contribution in [-0.2, 0) is 11.2 Å². The summed E-state index contributed by atoms with van der Waals surface area (Å²) >= 11 is 5.88. The van der Waals surface area contributed by atoms with Crippen LogP contribution in [0.15, 0.2) is 24.3 Å². The van der Waals surface area contributed by atoms with Crippen LogP contribution < -0.4 is 5.32 Å². The Hall–Kier alpha value is -0.570. The van der Waals surface area contributed by atoms with Crippen LogP contribution in [0.5, 0.6) is 0 Å². The predicted octanol–water partition coefficient (Wildman–Crippen LogP) is 3.29. The van der Waals surface area contributed by atoms with E-state index < -0.39 is 0 Å². The van der Waals surface area contributed by atoms with Gasteiger partial charge in [-0.05, 0) is 50.3 Å². The average molecular weight is 268 g/mol. The van der Waals surface area contributed by atoms with Crippen molar-refractivity contribution in [2.24, 2.45) is 5.92 Å². The summed E-state index contributed by atoms with van der Waals surface area (Å²) in [5.41, 5.74) is 1.33. The zero-order valence-electron chi connectivity index (χ0n) is 11.2. The van der Waals surface area contributed by atoms with Gasteiger partial charge in [0.15, 0.2) is 0 Å². The number of ether oxygens (including phenoxy) is 1. The molecule has 1 heterocycles. The number of halogens is 1. The number of hydrogen-bond acceptors (Lipinski definition) is 2. The molecule has 2 rings (SSSR count). The Labute approximate surface area is 115 Å². The molecule has 0 bridgehead atoms. The SMILES string of the molecule is CC(Cc1ccc(Cl)cc1)NCC1CCOC1C. The number of hydrogen-bond donors (Lipinski definition) is 1. The first kappa shape index (κ1) is 13.9. The third-order valence-corrected chi connectivity index (χ3v) is 3.97. The first-order valence-electron chi connectivity index (χ1n) is 6.74. The number of nitrogens with one attached hydrogen (secondary N) is 1. The van der Waals surface area contributed by atoms with E-state index in [0.717, 1.165) is 24.6 Å².